The SMILES string of the molecule is CCCc1nc2c(C)cc(-c3nc4ccccc4n3C)cc2n1Cc1ccc(-c2ccccc2C(=O)NCCCCCCCCNC(=O)c2ccccc2SCC(CC)CC(=O)O)cc1. The number of hydrogen-bond acceptors (Lipinski definition) is 6. The molecule has 2 aromatic heterocycles. The lowest BCUT2D eigenvalue weighted by atomic mass is 9.98. The molecule has 2 amide bonds. The van der Waals surface area contributed by atoms with Gasteiger partial charge >= 0.3 is 5.97 Å². The van der Waals surface area contributed by atoms with Crippen LogP contribution in [0.2, 0.25) is 0 Å². The molecule has 0 radical (unpaired) electrons. The van der Waals surface area contributed by atoms with Gasteiger partial charge in [-0.25, -0.2) is 9.97 Å². The van der Waals surface area contributed by atoms with Gasteiger partial charge < -0.3 is 24.9 Å². The minimum absolute atomic E-state index is 0.0632. The summed E-state index contributed by atoms with van der Waals surface area (Å²) in [7, 11) is 2.08. The Kier molecular flexibility index (Phi) is 16.3. The van der Waals surface area contributed by atoms with Gasteiger partial charge in [-0.3, -0.25) is 14.4 Å². The average molecular weight is 891 g/mol. The van der Waals surface area contributed by atoms with Gasteiger partial charge in [-0.2, -0.15) is 0 Å². The van der Waals surface area contributed by atoms with Crippen molar-refractivity contribution in [2.24, 2.45) is 13.0 Å². The van der Waals surface area contributed by atoms with Crippen LogP contribution in [0.4, 0.5) is 0 Å². The number of rotatable bonds is 23. The normalized spacial score (nSPS) is 11.9. The second-order valence-corrected chi connectivity index (χ2v) is 18.1. The Labute approximate surface area is 387 Å². The number of amides is 2. The first-order valence-corrected chi connectivity index (χ1v) is 24.2. The number of nitrogens with zero attached hydrogens (tertiary/aromatic N) is 4. The van der Waals surface area contributed by atoms with E-state index in [1.807, 2.05) is 61.5 Å². The quantitative estimate of drug-likeness (QED) is 0.0430. The molecule has 2 heterocycles. The third kappa shape index (κ3) is 11.7. The Morgan fingerprint density at radius 1 is 0.723 bits per heavy atom. The molecule has 0 bridgehead atoms. The van der Waals surface area contributed by atoms with Crippen molar-refractivity contribution in [1.29, 1.82) is 0 Å². The van der Waals surface area contributed by atoms with Gasteiger partial charge in [0.1, 0.15) is 11.6 Å². The number of benzene rings is 5. The van der Waals surface area contributed by atoms with Crippen LogP contribution in [0.15, 0.2) is 114 Å². The van der Waals surface area contributed by atoms with Gasteiger partial charge in [0.15, 0.2) is 0 Å². The maximum absolute atomic E-state index is 13.5. The highest BCUT2D eigenvalue weighted by molar-refractivity contribution is 7.99. The topological polar surface area (TPSA) is 131 Å². The summed E-state index contributed by atoms with van der Waals surface area (Å²) < 4.78 is 4.52. The first kappa shape index (κ1) is 46.8. The number of para-hydroxylation sites is 2. The molecular weight excluding hydrogens is 829 g/mol. The standard InChI is InChI=1S/C54H62N6O4S/c1-5-19-49-58-51-37(3)32-41(52-57-45-23-14-15-24-46(45)59(52)4)34-47(51)60(49)35-39-26-28-40(29-27-39)42-20-11-12-21-43(42)53(63)55-30-17-9-7-8-10-18-31-56-54(64)44-22-13-16-25-48(44)65-36-38(6-2)33-50(61)62/h11-16,20-29,32,34,38H,5-10,17-19,30-31,33,35-36H2,1-4H3,(H,55,63)(H,56,64)(H,61,62). The minimum atomic E-state index is -0.787. The zero-order chi connectivity index (χ0) is 45.7. The van der Waals surface area contributed by atoms with E-state index < -0.39 is 5.97 Å². The van der Waals surface area contributed by atoms with Gasteiger partial charge in [-0.15, -0.1) is 11.8 Å². The molecule has 0 aliphatic heterocycles. The van der Waals surface area contributed by atoms with Crippen molar-refractivity contribution in [3.8, 4) is 22.5 Å². The molecular formula is C54H62N6O4S. The summed E-state index contributed by atoms with van der Waals surface area (Å²) in [5, 5.41) is 15.4. The van der Waals surface area contributed by atoms with Crippen molar-refractivity contribution in [1.82, 2.24) is 29.7 Å². The van der Waals surface area contributed by atoms with Gasteiger partial charge in [-0.05, 0) is 96.8 Å². The Bertz CT molecular complexity index is 2740. The maximum atomic E-state index is 13.5. The molecule has 0 aliphatic carbocycles. The fraction of sp³-hybridized carbons (Fsp3) is 0.352. The molecule has 338 valence electrons. The summed E-state index contributed by atoms with van der Waals surface area (Å²) in [5.41, 5.74) is 10.8. The molecule has 10 nitrogen and oxygen atoms in total. The molecule has 1 atom stereocenters. The lowest BCUT2D eigenvalue weighted by Gasteiger charge is -2.14. The third-order valence-electron chi connectivity index (χ3n) is 12.2. The van der Waals surface area contributed by atoms with Crippen LogP contribution >= 0.6 is 11.8 Å². The highest BCUT2D eigenvalue weighted by atomic mass is 32.2. The number of fused-ring (bicyclic) bond motifs is 2. The van der Waals surface area contributed by atoms with Gasteiger partial charge in [0.05, 0.1) is 27.6 Å². The molecule has 0 saturated heterocycles. The molecule has 0 fully saturated rings. The van der Waals surface area contributed by atoms with E-state index in [0.29, 0.717) is 36.5 Å². The average Bonchev–Trinajstić information content (AvgIpc) is 3.84. The first-order valence-electron chi connectivity index (χ1n) is 23.2. The number of aliphatic carboxylic acids is 1. The van der Waals surface area contributed by atoms with Gasteiger partial charge in [0, 0.05) is 61.3 Å². The van der Waals surface area contributed by atoms with E-state index in [1.165, 1.54) is 0 Å². The van der Waals surface area contributed by atoms with Crippen molar-refractivity contribution >= 4 is 51.6 Å². The zero-order valence-electron chi connectivity index (χ0n) is 38.2. The summed E-state index contributed by atoms with van der Waals surface area (Å²) in [5.74, 6) is 1.81. The summed E-state index contributed by atoms with van der Waals surface area (Å²) in [6.07, 6.45) is 8.79. The van der Waals surface area contributed by atoms with Gasteiger partial charge in [0.2, 0.25) is 0 Å². The minimum Gasteiger partial charge on any atom is -0.481 e. The summed E-state index contributed by atoms with van der Waals surface area (Å²) in [4.78, 5) is 48.7. The van der Waals surface area contributed by atoms with Crippen molar-refractivity contribution < 1.29 is 19.5 Å². The molecule has 0 spiro atoms. The molecule has 7 rings (SSSR count). The monoisotopic (exact) mass is 890 g/mol. The smallest absolute Gasteiger partial charge is 0.303 e. The molecule has 7 aromatic rings. The molecule has 11 heteroatoms. The van der Waals surface area contributed by atoms with Crippen molar-refractivity contribution in [3.05, 3.63) is 137 Å². The van der Waals surface area contributed by atoms with E-state index in [4.69, 9.17) is 9.97 Å². The van der Waals surface area contributed by atoms with Crippen LogP contribution in [0.25, 0.3) is 44.6 Å². The predicted octanol–water partition coefficient (Wildman–Crippen LogP) is 11.7. The summed E-state index contributed by atoms with van der Waals surface area (Å²) >= 11 is 1.56. The number of carboxylic acid groups (broad SMARTS) is 1. The second kappa shape index (κ2) is 22.6. The Morgan fingerprint density at radius 2 is 1.37 bits per heavy atom. The fourth-order valence-corrected chi connectivity index (χ4v) is 9.84. The van der Waals surface area contributed by atoms with Crippen LogP contribution < -0.4 is 10.6 Å². The summed E-state index contributed by atoms with van der Waals surface area (Å²) in [6.45, 7) is 8.25. The number of nitrogens with one attached hydrogen (secondary N) is 2. The predicted molar refractivity (Wildman–Crippen MR) is 265 cm³/mol. The van der Waals surface area contributed by atoms with E-state index >= 15 is 0 Å². The van der Waals surface area contributed by atoms with Crippen molar-refractivity contribution in [2.75, 3.05) is 18.8 Å². The number of hydrogen-bond donors (Lipinski definition) is 3. The highest BCUT2D eigenvalue weighted by Gasteiger charge is 2.19. The summed E-state index contributed by atoms with van der Waals surface area (Å²) in [6, 6.07) is 36.6. The number of unbranched alkanes of at least 4 members (excludes halogenated alkanes) is 5. The van der Waals surface area contributed by atoms with Crippen LogP contribution in [0.5, 0.6) is 0 Å². The number of aromatic nitrogens is 4. The molecule has 1 unspecified atom stereocenters. The van der Waals surface area contributed by atoms with Crippen LogP contribution in [-0.4, -0.2) is 60.8 Å². The van der Waals surface area contributed by atoms with E-state index in [1.54, 1.807) is 11.8 Å². The van der Waals surface area contributed by atoms with Crippen molar-refractivity contribution in [3.63, 3.8) is 0 Å². The number of carboxylic acids is 1. The van der Waals surface area contributed by atoms with Crippen LogP contribution in [0.3, 0.4) is 0 Å². The number of carbonyl (C=O) groups is 3. The Balaban J connectivity index is 0.879. The number of carbonyl (C=O) groups excluding carboxylic acids is 2. The zero-order valence-corrected chi connectivity index (χ0v) is 39.1. The Morgan fingerprint density at radius 3 is 2.06 bits per heavy atom. The van der Waals surface area contributed by atoms with Crippen LogP contribution in [0, 0.1) is 12.8 Å². The lowest BCUT2D eigenvalue weighted by molar-refractivity contribution is -0.137. The number of imidazole rings is 2. The van der Waals surface area contributed by atoms with E-state index in [-0.39, 0.29) is 24.2 Å². The number of thioether (sulfide) groups is 1. The molecule has 0 aliphatic rings. The third-order valence-corrected chi connectivity index (χ3v) is 13.5. The molecule has 5 aromatic carbocycles. The highest BCUT2D eigenvalue weighted by Crippen LogP contribution is 2.32. The van der Waals surface area contributed by atoms with E-state index in [9.17, 15) is 19.5 Å². The van der Waals surface area contributed by atoms with E-state index in [0.717, 1.165) is 124 Å². The van der Waals surface area contributed by atoms with Crippen molar-refractivity contribution in [2.45, 2.75) is 96.4 Å². The van der Waals surface area contributed by atoms with E-state index in [2.05, 4.69) is 95.3 Å². The number of aryl methyl sites for hydroxylation is 3. The molecule has 0 saturated carbocycles. The molecule has 65 heavy (non-hydrogen) atoms. The van der Waals surface area contributed by atoms with Gasteiger partial charge in [-0.1, -0.05) is 113 Å². The van der Waals surface area contributed by atoms with Crippen LogP contribution in [-0.2, 0) is 24.8 Å². The van der Waals surface area contributed by atoms with Gasteiger partial charge in [0.25, 0.3) is 11.8 Å². The maximum Gasteiger partial charge on any atom is 0.303 e. The largest absolute Gasteiger partial charge is 0.481 e. The fourth-order valence-electron chi connectivity index (χ4n) is 8.58. The van der Waals surface area contributed by atoms with Crippen LogP contribution in [0.1, 0.15) is 109 Å². The Hall–Kier alpha value is -6.20. The first-order chi connectivity index (χ1) is 31.6. The lowest BCUT2D eigenvalue weighted by Crippen LogP contribution is -2.25. The molecule has 3 N–H and O–H groups in total. The second-order valence-electron chi connectivity index (χ2n) is 17.1.